The van der Waals surface area contributed by atoms with Gasteiger partial charge in [-0.2, -0.15) is 5.10 Å². The van der Waals surface area contributed by atoms with Crippen molar-refractivity contribution < 1.29 is 8.78 Å². The SMILES string of the molecule is C=Cc1ccc2c(c1)c(-c1c(F)cccc1F)nc1c(Br)n[nH]c12. The van der Waals surface area contributed by atoms with E-state index in [-0.39, 0.29) is 11.3 Å². The van der Waals surface area contributed by atoms with Crippen LogP contribution in [0.4, 0.5) is 8.78 Å². The largest absolute Gasteiger partial charge is 0.274 e. The van der Waals surface area contributed by atoms with Crippen LogP contribution >= 0.6 is 15.9 Å². The van der Waals surface area contributed by atoms with Crippen LogP contribution in [0.3, 0.4) is 0 Å². The summed E-state index contributed by atoms with van der Waals surface area (Å²) < 4.78 is 29.2. The number of benzene rings is 2. The number of H-pyrrole nitrogens is 1. The van der Waals surface area contributed by atoms with Gasteiger partial charge in [-0.15, -0.1) is 0 Å². The molecule has 2 heterocycles. The molecular weight excluding hydrogens is 376 g/mol. The van der Waals surface area contributed by atoms with Crippen molar-refractivity contribution in [2.24, 2.45) is 0 Å². The lowest BCUT2D eigenvalue weighted by Gasteiger charge is -2.10. The average molecular weight is 386 g/mol. The van der Waals surface area contributed by atoms with Crippen LogP contribution < -0.4 is 0 Å². The second kappa shape index (κ2) is 5.49. The molecule has 0 fully saturated rings. The van der Waals surface area contributed by atoms with Gasteiger partial charge in [0.05, 0.1) is 16.8 Å². The zero-order valence-corrected chi connectivity index (χ0v) is 13.9. The Morgan fingerprint density at radius 1 is 1.08 bits per heavy atom. The van der Waals surface area contributed by atoms with E-state index in [4.69, 9.17) is 0 Å². The van der Waals surface area contributed by atoms with E-state index in [0.717, 1.165) is 10.9 Å². The molecule has 0 saturated carbocycles. The molecule has 24 heavy (non-hydrogen) atoms. The molecule has 2 aromatic carbocycles. The number of halogens is 3. The van der Waals surface area contributed by atoms with E-state index >= 15 is 0 Å². The summed E-state index contributed by atoms with van der Waals surface area (Å²) in [6.07, 6.45) is 1.67. The van der Waals surface area contributed by atoms with Gasteiger partial charge >= 0.3 is 0 Å². The zero-order valence-electron chi connectivity index (χ0n) is 12.3. The van der Waals surface area contributed by atoms with Gasteiger partial charge in [0, 0.05) is 10.8 Å². The third-order valence-electron chi connectivity index (χ3n) is 3.93. The number of pyridine rings is 1. The quantitative estimate of drug-likeness (QED) is 0.497. The fourth-order valence-corrected chi connectivity index (χ4v) is 3.17. The van der Waals surface area contributed by atoms with E-state index < -0.39 is 11.6 Å². The molecule has 0 bridgehead atoms. The molecule has 0 spiro atoms. The van der Waals surface area contributed by atoms with Crippen molar-refractivity contribution in [3.05, 3.63) is 64.8 Å². The summed E-state index contributed by atoms with van der Waals surface area (Å²) in [6, 6.07) is 9.33. The summed E-state index contributed by atoms with van der Waals surface area (Å²) in [6.45, 7) is 3.75. The molecule has 0 atom stereocenters. The minimum absolute atomic E-state index is 0.154. The fourth-order valence-electron chi connectivity index (χ4n) is 2.79. The smallest absolute Gasteiger partial charge is 0.154 e. The molecule has 0 saturated heterocycles. The Hall–Kier alpha value is -2.60. The van der Waals surface area contributed by atoms with Crippen molar-refractivity contribution in [3.63, 3.8) is 0 Å². The van der Waals surface area contributed by atoms with Gasteiger partial charge in [-0.3, -0.25) is 5.10 Å². The van der Waals surface area contributed by atoms with Gasteiger partial charge in [-0.1, -0.05) is 30.9 Å². The van der Waals surface area contributed by atoms with Gasteiger partial charge in [0.2, 0.25) is 0 Å². The summed E-state index contributed by atoms with van der Waals surface area (Å²) in [5.74, 6) is -1.32. The molecule has 2 aromatic heterocycles. The van der Waals surface area contributed by atoms with Gasteiger partial charge in [0.25, 0.3) is 0 Å². The zero-order chi connectivity index (χ0) is 16.8. The Balaban J connectivity index is 2.23. The molecule has 0 amide bonds. The van der Waals surface area contributed by atoms with E-state index in [1.54, 1.807) is 6.08 Å². The second-order valence-corrected chi connectivity index (χ2v) is 6.06. The number of fused-ring (bicyclic) bond motifs is 3. The van der Waals surface area contributed by atoms with Gasteiger partial charge < -0.3 is 0 Å². The Labute approximate surface area is 144 Å². The van der Waals surface area contributed by atoms with Crippen molar-refractivity contribution in [3.8, 4) is 11.3 Å². The highest BCUT2D eigenvalue weighted by atomic mass is 79.9. The monoisotopic (exact) mass is 385 g/mol. The lowest BCUT2D eigenvalue weighted by atomic mass is 10.00. The first-order valence-electron chi connectivity index (χ1n) is 7.14. The first-order chi connectivity index (χ1) is 11.6. The summed E-state index contributed by atoms with van der Waals surface area (Å²) in [4.78, 5) is 4.48. The number of nitrogens with one attached hydrogen (secondary N) is 1. The van der Waals surface area contributed by atoms with Crippen molar-refractivity contribution >= 4 is 43.8 Å². The topological polar surface area (TPSA) is 41.6 Å². The lowest BCUT2D eigenvalue weighted by Crippen LogP contribution is -1.95. The summed E-state index contributed by atoms with van der Waals surface area (Å²) >= 11 is 3.32. The Morgan fingerprint density at radius 2 is 1.83 bits per heavy atom. The third-order valence-corrected chi connectivity index (χ3v) is 4.48. The van der Waals surface area contributed by atoms with Crippen LogP contribution in [-0.2, 0) is 0 Å². The molecule has 6 heteroatoms. The van der Waals surface area contributed by atoms with Crippen LogP contribution in [0.5, 0.6) is 0 Å². The van der Waals surface area contributed by atoms with Gasteiger partial charge in [0.1, 0.15) is 17.2 Å². The van der Waals surface area contributed by atoms with Gasteiger partial charge in [0.15, 0.2) is 4.60 Å². The Kier molecular flexibility index (Phi) is 3.42. The molecule has 3 nitrogen and oxygen atoms in total. The number of hydrogen-bond acceptors (Lipinski definition) is 2. The maximum absolute atomic E-state index is 14.3. The van der Waals surface area contributed by atoms with Crippen molar-refractivity contribution in [1.82, 2.24) is 15.2 Å². The number of rotatable bonds is 2. The molecular formula is C18H10BrF2N3. The normalized spacial score (nSPS) is 11.3. The first kappa shape index (κ1) is 15.0. The summed E-state index contributed by atoms with van der Waals surface area (Å²) in [5.41, 5.74) is 2.14. The predicted octanol–water partition coefficient (Wildman–Crippen LogP) is 5.46. The van der Waals surface area contributed by atoms with E-state index in [0.29, 0.717) is 21.0 Å². The Bertz CT molecular complexity index is 1100. The molecule has 0 aliphatic heterocycles. The number of nitrogens with zero attached hydrogens (tertiary/aromatic N) is 2. The van der Waals surface area contributed by atoms with E-state index in [9.17, 15) is 8.78 Å². The molecule has 1 N–H and O–H groups in total. The highest BCUT2D eigenvalue weighted by Crippen LogP contribution is 2.36. The highest BCUT2D eigenvalue weighted by molar-refractivity contribution is 9.10. The van der Waals surface area contributed by atoms with E-state index in [2.05, 4.69) is 37.7 Å². The first-order valence-corrected chi connectivity index (χ1v) is 7.93. The maximum atomic E-state index is 14.3. The predicted molar refractivity (Wildman–Crippen MR) is 94.5 cm³/mol. The van der Waals surface area contributed by atoms with Gasteiger partial charge in [-0.25, -0.2) is 13.8 Å². The standard InChI is InChI=1S/C18H10BrF2N3/c1-2-9-6-7-10-11(8-9)15(14-12(20)4-3-5-13(14)21)22-17-16(10)23-24-18(17)19/h2-8H,1H2,(H,23,24). The van der Waals surface area contributed by atoms with Crippen LogP contribution in [0.2, 0.25) is 0 Å². The maximum Gasteiger partial charge on any atom is 0.154 e. The van der Waals surface area contributed by atoms with Crippen molar-refractivity contribution in [2.45, 2.75) is 0 Å². The van der Waals surface area contributed by atoms with Crippen LogP contribution in [-0.4, -0.2) is 15.2 Å². The summed E-state index contributed by atoms with van der Waals surface area (Å²) in [5, 5.41) is 8.40. The fraction of sp³-hybridized carbons (Fsp3) is 0. The number of aromatic amines is 1. The van der Waals surface area contributed by atoms with Crippen LogP contribution in [0.1, 0.15) is 5.56 Å². The van der Waals surface area contributed by atoms with Crippen LogP contribution in [0.15, 0.2) is 47.6 Å². The Morgan fingerprint density at radius 3 is 2.54 bits per heavy atom. The van der Waals surface area contributed by atoms with Crippen molar-refractivity contribution in [2.75, 3.05) is 0 Å². The molecule has 0 unspecified atom stereocenters. The molecule has 0 aliphatic rings. The van der Waals surface area contributed by atoms with E-state index in [1.807, 2.05) is 18.2 Å². The highest BCUT2D eigenvalue weighted by Gasteiger charge is 2.19. The molecule has 0 radical (unpaired) electrons. The minimum Gasteiger partial charge on any atom is -0.274 e. The van der Waals surface area contributed by atoms with Gasteiger partial charge in [-0.05, 0) is 39.7 Å². The second-order valence-electron chi connectivity index (χ2n) is 5.30. The van der Waals surface area contributed by atoms with Crippen LogP contribution in [0.25, 0.3) is 39.1 Å². The van der Waals surface area contributed by atoms with Crippen LogP contribution in [0, 0.1) is 11.6 Å². The lowest BCUT2D eigenvalue weighted by molar-refractivity contribution is 0.589. The molecule has 0 aliphatic carbocycles. The van der Waals surface area contributed by atoms with E-state index in [1.165, 1.54) is 18.2 Å². The molecule has 4 aromatic rings. The summed E-state index contributed by atoms with van der Waals surface area (Å²) in [7, 11) is 0. The minimum atomic E-state index is -0.660. The molecule has 4 rings (SSSR count). The number of hydrogen-bond donors (Lipinski definition) is 1. The third kappa shape index (κ3) is 2.14. The van der Waals surface area contributed by atoms with Crippen molar-refractivity contribution in [1.29, 1.82) is 0 Å². The molecule has 118 valence electrons. The average Bonchev–Trinajstić information content (AvgIpc) is 2.95. The number of aromatic nitrogens is 3.